The molecule has 0 aromatic rings. The van der Waals surface area contributed by atoms with Gasteiger partial charge in [-0.05, 0) is 12.8 Å². The van der Waals surface area contributed by atoms with Gasteiger partial charge in [0.05, 0.1) is 11.5 Å². The number of sulfone groups is 1. The first-order chi connectivity index (χ1) is 6.53. The van der Waals surface area contributed by atoms with Crippen LogP contribution in [0.2, 0.25) is 0 Å². The molecule has 0 atom stereocenters. The van der Waals surface area contributed by atoms with Gasteiger partial charge in [-0.1, -0.05) is 0 Å². The summed E-state index contributed by atoms with van der Waals surface area (Å²) in [5.41, 5.74) is 5.13. The third-order valence-corrected chi connectivity index (χ3v) is 3.70. The molecule has 1 aliphatic rings. The Morgan fingerprint density at radius 2 is 2.00 bits per heavy atom. The van der Waals surface area contributed by atoms with Gasteiger partial charge in [0.1, 0.15) is 0 Å². The van der Waals surface area contributed by atoms with Gasteiger partial charge in [-0.2, -0.15) is 0 Å². The number of amides is 1. The average Bonchev–Trinajstić information content (AvgIpc) is 2.85. The number of nitrogens with two attached hydrogens (primary N) is 1. The molecule has 6 heteroatoms. The van der Waals surface area contributed by atoms with Gasteiger partial charge in [0.25, 0.3) is 0 Å². The number of nitrogens with one attached hydrogen (secondary N) is 1. The van der Waals surface area contributed by atoms with Gasteiger partial charge in [0, 0.05) is 19.0 Å². The van der Waals surface area contributed by atoms with Gasteiger partial charge >= 0.3 is 0 Å². The fourth-order valence-corrected chi connectivity index (χ4v) is 2.12. The third-order valence-electron chi connectivity index (χ3n) is 2.01. The second-order valence-electron chi connectivity index (χ2n) is 3.53. The Balaban J connectivity index is 2.20. The molecule has 1 rings (SSSR count). The molecule has 0 aliphatic heterocycles. The van der Waals surface area contributed by atoms with Crippen molar-refractivity contribution in [2.45, 2.75) is 25.3 Å². The summed E-state index contributed by atoms with van der Waals surface area (Å²) in [6, 6.07) is 0.291. The Hall–Kier alpha value is -0.620. The molecule has 1 saturated carbocycles. The summed E-state index contributed by atoms with van der Waals surface area (Å²) >= 11 is 0. The average molecular weight is 220 g/mol. The predicted molar refractivity (Wildman–Crippen MR) is 53.5 cm³/mol. The Morgan fingerprint density at radius 3 is 2.50 bits per heavy atom. The van der Waals surface area contributed by atoms with E-state index in [4.69, 9.17) is 5.73 Å². The predicted octanol–water partition coefficient (Wildman–Crippen LogP) is -0.971. The third kappa shape index (κ3) is 4.57. The highest BCUT2D eigenvalue weighted by Gasteiger charge is 2.23. The fraction of sp³-hybridized carbons (Fsp3) is 0.875. The van der Waals surface area contributed by atoms with E-state index in [-0.39, 0.29) is 30.4 Å². The maximum Gasteiger partial charge on any atom is 0.221 e. The zero-order valence-electron chi connectivity index (χ0n) is 8.03. The van der Waals surface area contributed by atoms with Crippen molar-refractivity contribution in [1.82, 2.24) is 5.32 Å². The molecule has 0 spiro atoms. The molecule has 0 aromatic carbocycles. The maximum atomic E-state index is 11.2. The summed E-state index contributed by atoms with van der Waals surface area (Å²) in [5, 5.41) is 2.73. The number of carbonyl (C=O) groups excluding carboxylic acids is 1. The monoisotopic (exact) mass is 220 g/mol. The summed E-state index contributed by atoms with van der Waals surface area (Å²) in [4.78, 5) is 11.1. The first-order valence-corrected chi connectivity index (χ1v) is 6.55. The van der Waals surface area contributed by atoms with E-state index in [1.54, 1.807) is 0 Å². The van der Waals surface area contributed by atoms with Crippen molar-refractivity contribution in [2.24, 2.45) is 5.73 Å². The molecule has 1 aliphatic carbocycles. The largest absolute Gasteiger partial charge is 0.353 e. The van der Waals surface area contributed by atoms with Crippen LogP contribution in [0.5, 0.6) is 0 Å². The lowest BCUT2D eigenvalue weighted by Gasteiger charge is -2.03. The first-order valence-electron chi connectivity index (χ1n) is 4.73. The lowest BCUT2D eigenvalue weighted by molar-refractivity contribution is -0.120. The lowest BCUT2D eigenvalue weighted by atomic mass is 10.4. The van der Waals surface area contributed by atoms with Crippen LogP contribution < -0.4 is 11.1 Å². The minimum Gasteiger partial charge on any atom is -0.353 e. The number of carbonyl (C=O) groups is 1. The van der Waals surface area contributed by atoms with E-state index in [2.05, 4.69) is 5.32 Å². The van der Waals surface area contributed by atoms with Gasteiger partial charge in [-0.15, -0.1) is 0 Å². The minimum atomic E-state index is -3.13. The highest BCUT2D eigenvalue weighted by atomic mass is 32.2. The summed E-state index contributed by atoms with van der Waals surface area (Å²) in [5.74, 6) is -0.306. The van der Waals surface area contributed by atoms with Crippen LogP contribution in [-0.2, 0) is 14.6 Å². The number of hydrogen-bond acceptors (Lipinski definition) is 4. The Kier molecular flexibility index (Phi) is 3.88. The summed E-state index contributed by atoms with van der Waals surface area (Å²) < 4.78 is 22.4. The SMILES string of the molecule is NCCS(=O)(=O)CCC(=O)NC1CC1. The van der Waals surface area contributed by atoms with Crippen LogP contribution in [0.4, 0.5) is 0 Å². The minimum absolute atomic E-state index is 0.0380. The van der Waals surface area contributed by atoms with E-state index in [0.29, 0.717) is 6.04 Å². The van der Waals surface area contributed by atoms with Crippen LogP contribution in [0.15, 0.2) is 0 Å². The van der Waals surface area contributed by atoms with Crippen molar-refractivity contribution < 1.29 is 13.2 Å². The molecule has 1 amide bonds. The van der Waals surface area contributed by atoms with E-state index in [0.717, 1.165) is 12.8 Å². The highest BCUT2D eigenvalue weighted by molar-refractivity contribution is 7.91. The Morgan fingerprint density at radius 1 is 1.36 bits per heavy atom. The summed E-state index contributed by atoms with van der Waals surface area (Å²) in [7, 11) is -3.13. The molecular weight excluding hydrogens is 204 g/mol. The number of rotatable bonds is 6. The molecule has 0 saturated heterocycles. The molecular formula is C8H16N2O3S. The van der Waals surface area contributed by atoms with E-state index in [9.17, 15) is 13.2 Å². The fourth-order valence-electron chi connectivity index (χ4n) is 1.06. The zero-order valence-corrected chi connectivity index (χ0v) is 8.85. The molecule has 0 aromatic heterocycles. The molecule has 0 heterocycles. The Bertz CT molecular complexity index is 296. The molecule has 0 unspecified atom stereocenters. The smallest absolute Gasteiger partial charge is 0.221 e. The lowest BCUT2D eigenvalue weighted by Crippen LogP contribution is -2.28. The molecule has 82 valence electrons. The van der Waals surface area contributed by atoms with Crippen LogP contribution in [0.25, 0.3) is 0 Å². The van der Waals surface area contributed by atoms with Crippen LogP contribution >= 0.6 is 0 Å². The van der Waals surface area contributed by atoms with E-state index in [1.165, 1.54) is 0 Å². The molecule has 1 fully saturated rings. The molecule has 14 heavy (non-hydrogen) atoms. The summed E-state index contributed by atoms with van der Waals surface area (Å²) in [6.45, 7) is 0.118. The van der Waals surface area contributed by atoms with Crippen molar-refractivity contribution in [3.63, 3.8) is 0 Å². The first kappa shape index (κ1) is 11.5. The molecule has 0 radical (unpaired) electrons. The van der Waals surface area contributed by atoms with Crippen molar-refractivity contribution in [3.05, 3.63) is 0 Å². The van der Waals surface area contributed by atoms with Crippen molar-refractivity contribution in [1.29, 1.82) is 0 Å². The van der Waals surface area contributed by atoms with Crippen molar-refractivity contribution in [2.75, 3.05) is 18.1 Å². The van der Waals surface area contributed by atoms with E-state index in [1.807, 2.05) is 0 Å². The van der Waals surface area contributed by atoms with Gasteiger partial charge in [0.15, 0.2) is 9.84 Å². The van der Waals surface area contributed by atoms with Crippen LogP contribution in [0.1, 0.15) is 19.3 Å². The van der Waals surface area contributed by atoms with Crippen LogP contribution in [0.3, 0.4) is 0 Å². The van der Waals surface area contributed by atoms with Gasteiger partial charge in [-0.3, -0.25) is 4.79 Å². The number of hydrogen-bond donors (Lipinski definition) is 2. The van der Waals surface area contributed by atoms with E-state index < -0.39 is 9.84 Å². The molecule has 0 bridgehead atoms. The highest BCUT2D eigenvalue weighted by Crippen LogP contribution is 2.18. The van der Waals surface area contributed by atoms with Crippen molar-refractivity contribution in [3.8, 4) is 0 Å². The van der Waals surface area contributed by atoms with Gasteiger partial charge in [-0.25, -0.2) is 8.42 Å². The standard InChI is InChI=1S/C8H16N2O3S/c9-4-6-14(12,13)5-3-8(11)10-7-1-2-7/h7H,1-6,9H2,(H,10,11). The Labute approximate surface area is 84.0 Å². The quantitative estimate of drug-likeness (QED) is 0.602. The van der Waals surface area contributed by atoms with Gasteiger partial charge in [0.2, 0.25) is 5.91 Å². The van der Waals surface area contributed by atoms with E-state index >= 15 is 0 Å². The van der Waals surface area contributed by atoms with Crippen molar-refractivity contribution >= 4 is 15.7 Å². The van der Waals surface area contributed by atoms with Gasteiger partial charge < -0.3 is 11.1 Å². The normalized spacial score (nSPS) is 16.6. The second-order valence-corrected chi connectivity index (χ2v) is 5.84. The second kappa shape index (κ2) is 4.75. The maximum absolute atomic E-state index is 11.2. The topological polar surface area (TPSA) is 89.3 Å². The summed E-state index contributed by atoms with van der Waals surface area (Å²) in [6.07, 6.45) is 2.08. The zero-order chi connectivity index (χ0) is 10.6. The van der Waals surface area contributed by atoms with Crippen LogP contribution in [-0.4, -0.2) is 38.4 Å². The molecule has 5 nitrogen and oxygen atoms in total. The van der Waals surface area contributed by atoms with Crippen LogP contribution in [0, 0.1) is 0 Å². The molecule has 3 N–H and O–H groups in total.